The summed E-state index contributed by atoms with van der Waals surface area (Å²) in [5.74, 6) is -0.978. The number of fused-ring (bicyclic) bond motifs is 1. The minimum atomic E-state index is -0.513. The highest BCUT2D eigenvalue weighted by molar-refractivity contribution is 9.10. The number of nitrogens with one attached hydrogen (secondary N) is 1. The number of hydrogen-bond donors (Lipinski definition) is 1. The summed E-state index contributed by atoms with van der Waals surface area (Å²) in [4.78, 5) is 2.98. The van der Waals surface area contributed by atoms with Gasteiger partial charge in [-0.1, -0.05) is 15.9 Å². The Kier molecular flexibility index (Phi) is 3.22. The molecule has 0 aliphatic rings. The van der Waals surface area contributed by atoms with E-state index in [9.17, 15) is 8.78 Å². The first-order valence-corrected chi connectivity index (χ1v) is 7.04. The predicted octanol–water partition coefficient (Wildman–Crippen LogP) is 5.04. The fraction of sp³-hybridized carbons (Fsp3) is 0.0714. The van der Waals surface area contributed by atoms with E-state index in [1.165, 1.54) is 17.6 Å². The largest absolute Gasteiger partial charge is 0.330 e. The summed E-state index contributed by atoms with van der Waals surface area (Å²) in [6.45, 7) is 1.52. The van der Waals surface area contributed by atoms with Crippen molar-refractivity contribution < 1.29 is 8.78 Å². The molecule has 3 aromatic rings. The average Bonchev–Trinajstić information content (AvgIpc) is 2.69. The molecule has 0 aliphatic carbocycles. The van der Waals surface area contributed by atoms with Crippen molar-refractivity contribution in [1.29, 1.82) is 0 Å². The Bertz CT molecular complexity index is 883. The van der Waals surface area contributed by atoms with Crippen LogP contribution < -0.4 is 0 Å². The van der Waals surface area contributed by atoms with Gasteiger partial charge < -0.3 is 4.98 Å². The maximum absolute atomic E-state index is 14.1. The Balaban J connectivity index is 2.40. The fourth-order valence-corrected chi connectivity index (χ4v) is 2.78. The van der Waals surface area contributed by atoms with Gasteiger partial charge in [-0.05, 0) is 49.0 Å². The zero-order valence-electron chi connectivity index (χ0n) is 10.4. The second kappa shape index (κ2) is 4.79. The molecule has 0 bridgehead atoms. The molecular weight excluding hydrogens is 346 g/mol. The molecule has 2 nitrogen and oxygen atoms in total. The number of aromatic nitrogens is 2. The second-order valence-electron chi connectivity index (χ2n) is 4.48. The lowest BCUT2D eigenvalue weighted by atomic mass is 10.2. The summed E-state index contributed by atoms with van der Waals surface area (Å²) in [6, 6.07) is 7.81. The molecule has 0 atom stereocenters. The van der Waals surface area contributed by atoms with Crippen LogP contribution in [0.3, 0.4) is 0 Å². The van der Waals surface area contributed by atoms with Crippen LogP contribution >= 0.6 is 28.1 Å². The molecule has 0 unspecified atom stereocenters. The average molecular weight is 355 g/mol. The van der Waals surface area contributed by atoms with Gasteiger partial charge in [0.25, 0.3) is 0 Å². The molecule has 0 saturated carbocycles. The Morgan fingerprint density at radius 3 is 2.65 bits per heavy atom. The van der Waals surface area contributed by atoms with Crippen molar-refractivity contribution >= 4 is 39.2 Å². The lowest BCUT2D eigenvalue weighted by Gasteiger charge is -2.08. The van der Waals surface area contributed by atoms with Crippen molar-refractivity contribution in [1.82, 2.24) is 9.55 Å². The van der Waals surface area contributed by atoms with E-state index in [2.05, 4.69) is 20.9 Å². The first kappa shape index (κ1) is 13.5. The fourth-order valence-electron chi connectivity index (χ4n) is 2.12. The van der Waals surface area contributed by atoms with Crippen molar-refractivity contribution in [3.63, 3.8) is 0 Å². The lowest BCUT2D eigenvalue weighted by molar-refractivity contribution is 0.586. The topological polar surface area (TPSA) is 20.7 Å². The standard InChI is InChI=1S/C14H9BrF2N2S/c1-7-4-10(17)12(6-9(7)16)19-13-5-8(15)2-3-11(13)18-14(19)20/h2-6H,1H3,(H,18,20). The summed E-state index contributed by atoms with van der Waals surface area (Å²) in [5, 5.41) is 0. The van der Waals surface area contributed by atoms with Gasteiger partial charge >= 0.3 is 0 Å². The molecule has 0 amide bonds. The van der Waals surface area contributed by atoms with E-state index in [0.29, 0.717) is 10.3 Å². The number of imidazole rings is 1. The van der Waals surface area contributed by atoms with Gasteiger partial charge in [0, 0.05) is 10.5 Å². The number of nitrogens with zero attached hydrogens (tertiary/aromatic N) is 1. The normalized spacial score (nSPS) is 11.2. The van der Waals surface area contributed by atoms with Crippen molar-refractivity contribution in [3.05, 3.63) is 56.8 Å². The van der Waals surface area contributed by atoms with E-state index in [0.717, 1.165) is 16.1 Å². The van der Waals surface area contributed by atoms with Crippen LogP contribution in [0.2, 0.25) is 0 Å². The molecule has 3 rings (SSSR count). The van der Waals surface area contributed by atoms with Crippen LogP contribution in [0.1, 0.15) is 5.56 Å². The van der Waals surface area contributed by atoms with Crippen LogP contribution in [-0.2, 0) is 0 Å². The third kappa shape index (κ3) is 2.09. The third-order valence-corrected chi connectivity index (χ3v) is 3.89. The maximum Gasteiger partial charge on any atom is 0.182 e. The van der Waals surface area contributed by atoms with E-state index >= 15 is 0 Å². The van der Waals surface area contributed by atoms with E-state index < -0.39 is 11.6 Å². The Labute approximate surface area is 127 Å². The minimum Gasteiger partial charge on any atom is -0.330 e. The van der Waals surface area contributed by atoms with Gasteiger partial charge in [0.15, 0.2) is 4.77 Å². The lowest BCUT2D eigenvalue weighted by Crippen LogP contribution is -2.00. The molecule has 1 aromatic heterocycles. The smallest absolute Gasteiger partial charge is 0.182 e. The monoisotopic (exact) mass is 354 g/mol. The van der Waals surface area contributed by atoms with Crippen molar-refractivity contribution in [2.45, 2.75) is 6.92 Å². The number of halogens is 3. The Hall–Kier alpha value is -1.53. The van der Waals surface area contributed by atoms with Gasteiger partial charge in [-0.3, -0.25) is 4.57 Å². The van der Waals surface area contributed by atoms with Crippen LogP contribution in [-0.4, -0.2) is 9.55 Å². The summed E-state index contributed by atoms with van der Waals surface area (Å²) in [5.41, 5.74) is 1.81. The molecule has 102 valence electrons. The summed E-state index contributed by atoms with van der Waals surface area (Å²) in [7, 11) is 0. The number of aryl methyl sites for hydroxylation is 1. The van der Waals surface area contributed by atoms with Crippen LogP contribution in [0.25, 0.3) is 16.7 Å². The zero-order valence-corrected chi connectivity index (χ0v) is 12.8. The molecule has 2 aromatic carbocycles. The number of benzene rings is 2. The van der Waals surface area contributed by atoms with E-state index in [1.807, 2.05) is 12.1 Å². The highest BCUT2D eigenvalue weighted by Gasteiger charge is 2.13. The summed E-state index contributed by atoms with van der Waals surface area (Å²) in [6.07, 6.45) is 0. The van der Waals surface area contributed by atoms with E-state index in [-0.39, 0.29) is 11.3 Å². The number of aromatic amines is 1. The van der Waals surface area contributed by atoms with E-state index in [4.69, 9.17) is 12.2 Å². The van der Waals surface area contributed by atoms with Crippen LogP contribution in [0, 0.1) is 23.3 Å². The van der Waals surface area contributed by atoms with Crippen LogP contribution in [0.5, 0.6) is 0 Å². The second-order valence-corrected chi connectivity index (χ2v) is 5.78. The van der Waals surface area contributed by atoms with Gasteiger partial charge in [-0.15, -0.1) is 0 Å². The molecular formula is C14H9BrF2N2S. The van der Waals surface area contributed by atoms with Gasteiger partial charge in [0.1, 0.15) is 11.6 Å². The first-order valence-electron chi connectivity index (χ1n) is 5.83. The van der Waals surface area contributed by atoms with Crippen LogP contribution in [0.4, 0.5) is 8.78 Å². The van der Waals surface area contributed by atoms with Gasteiger partial charge in [-0.25, -0.2) is 8.78 Å². The number of H-pyrrole nitrogens is 1. The summed E-state index contributed by atoms with van der Waals surface area (Å²) < 4.78 is 30.5. The molecule has 0 saturated heterocycles. The third-order valence-electron chi connectivity index (χ3n) is 3.11. The minimum absolute atomic E-state index is 0.0995. The van der Waals surface area contributed by atoms with E-state index in [1.54, 1.807) is 6.07 Å². The molecule has 1 heterocycles. The Morgan fingerprint density at radius 1 is 1.15 bits per heavy atom. The molecule has 0 aliphatic heterocycles. The Morgan fingerprint density at radius 2 is 1.90 bits per heavy atom. The number of hydrogen-bond acceptors (Lipinski definition) is 1. The molecule has 0 spiro atoms. The predicted molar refractivity (Wildman–Crippen MR) is 80.8 cm³/mol. The van der Waals surface area contributed by atoms with Gasteiger partial charge in [-0.2, -0.15) is 0 Å². The van der Waals surface area contributed by atoms with Crippen molar-refractivity contribution in [2.75, 3.05) is 0 Å². The highest BCUT2D eigenvalue weighted by Crippen LogP contribution is 2.26. The van der Waals surface area contributed by atoms with Crippen molar-refractivity contribution in [2.24, 2.45) is 0 Å². The van der Waals surface area contributed by atoms with Gasteiger partial charge in [0.2, 0.25) is 0 Å². The van der Waals surface area contributed by atoms with Crippen LogP contribution in [0.15, 0.2) is 34.8 Å². The maximum atomic E-state index is 14.1. The van der Waals surface area contributed by atoms with Gasteiger partial charge in [0.05, 0.1) is 16.7 Å². The SMILES string of the molecule is Cc1cc(F)c(-n2c(=S)[nH]c3ccc(Br)cc32)cc1F. The highest BCUT2D eigenvalue weighted by atomic mass is 79.9. The molecule has 20 heavy (non-hydrogen) atoms. The molecule has 0 fully saturated rings. The first-order chi connectivity index (χ1) is 9.47. The quantitative estimate of drug-likeness (QED) is 0.607. The van der Waals surface area contributed by atoms with Crippen molar-refractivity contribution in [3.8, 4) is 5.69 Å². The molecule has 1 N–H and O–H groups in total. The summed E-state index contributed by atoms with van der Waals surface area (Å²) >= 11 is 8.58. The number of rotatable bonds is 1. The molecule has 6 heteroatoms. The molecule has 0 radical (unpaired) electrons. The zero-order chi connectivity index (χ0) is 14.4.